The quantitative estimate of drug-likeness (QED) is 0.229. The van der Waals surface area contributed by atoms with Gasteiger partial charge in [-0.1, -0.05) is 25.7 Å². The third-order valence-corrected chi connectivity index (χ3v) is 6.97. The highest BCUT2D eigenvalue weighted by molar-refractivity contribution is 14.0. The van der Waals surface area contributed by atoms with E-state index in [-0.39, 0.29) is 24.0 Å². The topological polar surface area (TPSA) is 49.3 Å². The molecule has 2 saturated heterocycles. The Morgan fingerprint density at radius 1 is 1.03 bits per heavy atom. The van der Waals surface area contributed by atoms with Gasteiger partial charge in [0.15, 0.2) is 5.96 Å². The number of methoxy groups -OCH3 is 1. The lowest BCUT2D eigenvalue weighted by molar-refractivity contribution is 0.0363. The van der Waals surface area contributed by atoms with Gasteiger partial charge in [-0.05, 0) is 45.2 Å². The lowest BCUT2D eigenvalue weighted by Gasteiger charge is -2.48. The average molecular weight is 523 g/mol. The van der Waals surface area contributed by atoms with Gasteiger partial charge in [-0.25, -0.2) is 0 Å². The molecule has 0 radical (unpaired) electrons. The number of ether oxygens (including phenoxy) is 2. The minimum atomic E-state index is 0. The largest absolute Gasteiger partial charge is 0.382 e. The second-order valence-corrected chi connectivity index (χ2v) is 8.90. The second kappa shape index (κ2) is 13.3. The van der Waals surface area contributed by atoms with Crippen molar-refractivity contribution in [2.24, 2.45) is 10.9 Å². The van der Waals surface area contributed by atoms with E-state index in [1.807, 2.05) is 7.05 Å². The Labute approximate surface area is 195 Å². The van der Waals surface area contributed by atoms with E-state index in [9.17, 15) is 0 Å². The van der Waals surface area contributed by atoms with Crippen LogP contribution < -0.4 is 5.32 Å². The molecule has 6 nitrogen and oxygen atoms in total. The minimum Gasteiger partial charge on any atom is -0.382 e. The van der Waals surface area contributed by atoms with E-state index < -0.39 is 0 Å². The van der Waals surface area contributed by atoms with Gasteiger partial charge >= 0.3 is 0 Å². The highest BCUT2D eigenvalue weighted by Crippen LogP contribution is 2.35. The fourth-order valence-corrected chi connectivity index (χ4v) is 5.31. The van der Waals surface area contributed by atoms with Crippen LogP contribution in [0.2, 0.25) is 0 Å². The number of nitrogens with one attached hydrogen (secondary N) is 1. The molecule has 29 heavy (non-hydrogen) atoms. The van der Waals surface area contributed by atoms with Crippen LogP contribution in [0.15, 0.2) is 4.99 Å². The van der Waals surface area contributed by atoms with Crippen LogP contribution >= 0.6 is 24.0 Å². The summed E-state index contributed by atoms with van der Waals surface area (Å²) in [6, 6.07) is 0. The summed E-state index contributed by atoms with van der Waals surface area (Å²) in [6.07, 6.45) is 12.2. The van der Waals surface area contributed by atoms with Crippen molar-refractivity contribution in [1.29, 1.82) is 0 Å². The molecule has 170 valence electrons. The molecule has 0 bridgehead atoms. The summed E-state index contributed by atoms with van der Waals surface area (Å²) in [4.78, 5) is 9.87. The van der Waals surface area contributed by atoms with Gasteiger partial charge in [0.25, 0.3) is 0 Å². The molecule has 1 aliphatic carbocycles. The van der Waals surface area contributed by atoms with Crippen LogP contribution in [0.1, 0.15) is 57.8 Å². The standard InChI is InChI=1S/C22H42N4O2.HI/c1-23-21(25-14-9-20(17-25)18-28-16-15-27-2)24-19-22(10-5-3-6-11-22)26-12-7-4-8-13-26;/h20H,3-19H2,1-2H3,(H,23,24);1H. The molecule has 7 heteroatoms. The normalized spacial score (nSPS) is 25.7. The Balaban J connectivity index is 0.00000300. The van der Waals surface area contributed by atoms with Gasteiger partial charge in [-0.2, -0.15) is 0 Å². The van der Waals surface area contributed by atoms with Gasteiger partial charge in [0.2, 0.25) is 0 Å². The molecule has 0 aromatic rings. The van der Waals surface area contributed by atoms with Crippen molar-refractivity contribution in [3.05, 3.63) is 0 Å². The summed E-state index contributed by atoms with van der Waals surface area (Å²) in [6.45, 7) is 7.93. The fourth-order valence-electron chi connectivity index (χ4n) is 5.31. The van der Waals surface area contributed by atoms with Gasteiger partial charge in [-0.3, -0.25) is 9.89 Å². The molecule has 1 atom stereocenters. The minimum absolute atomic E-state index is 0. The number of rotatable bonds is 8. The third kappa shape index (κ3) is 7.21. The summed E-state index contributed by atoms with van der Waals surface area (Å²) in [5.74, 6) is 1.68. The van der Waals surface area contributed by atoms with Crippen LogP contribution in [0, 0.1) is 5.92 Å². The van der Waals surface area contributed by atoms with Crippen molar-refractivity contribution < 1.29 is 9.47 Å². The lowest BCUT2D eigenvalue weighted by Crippen LogP contribution is -2.59. The van der Waals surface area contributed by atoms with Crippen LogP contribution in [0.25, 0.3) is 0 Å². The van der Waals surface area contributed by atoms with E-state index in [2.05, 4.69) is 20.1 Å². The van der Waals surface area contributed by atoms with Gasteiger partial charge in [-0.15, -0.1) is 24.0 Å². The maximum absolute atomic E-state index is 5.75. The molecule has 3 aliphatic rings. The first-order chi connectivity index (χ1) is 13.8. The van der Waals surface area contributed by atoms with Crippen molar-refractivity contribution in [1.82, 2.24) is 15.1 Å². The van der Waals surface area contributed by atoms with Crippen LogP contribution in [0.3, 0.4) is 0 Å². The van der Waals surface area contributed by atoms with Gasteiger partial charge in [0.05, 0.1) is 19.8 Å². The molecule has 0 aromatic carbocycles. The van der Waals surface area contributed by atoms with Crippen molar-refractivity contribution in [2.75, 3.05) is 66.7 Å². The fraction of sp³-hybridized carbons (Fsp3) is 0.955. The number of nitrogens with zero attached hydrogens (tertiary/aromatic N) is 3. The summed E-state index contributed by atoms with van der Waals surface area (Å²) in [5, 5.41) is 3.79. The van der Waals surface area contributed by atoms with Crippen LogP contribution in [-0.2, 0) is 9.47 Å². The number of hydrogen-bond acceptors (Lipinski definition) is 4. The van der Waals surface area contributed by atoms with Crippen LogP contribution in [-0.4, -0.2) is 88.0 Å². The number of aliphatic imine (C=N–C) groups is 1. The third-order valence-electron chi connectivity index (χ3n) is 6.97. The van der Waals surface area contributed by atoms with Crippen molar-refractivity contribution in [3.63, 3.8) is 0 Å². The number of hydrogen-bond donors (Lipinski definition) is 1. The van der Waals surface area contributed by atoms with E-state index >= 15 is 0 Å². The number of halogens is 1. The Morgan fingerprint density at radius 3 is 2.45 bits per heavy atom. The summed E-state index contributed by atoms with van der Waals surface area (Å²) in [7, 11) is 3.65. The molecule has 3 rings (SSSR count). The molecule has 3 fully saturated rings. The molecular formula is C22H43IN4O2. The zero-order valence-electron chi connectivity index (χ0n) is 18.7. The molecule has 2 aliphatic heterocycles. The lowest BCUT2D eigenvalue weighted by atomic mass is 9.79. The maximum atomic E-state index is 5.75. The monoisotopic (exact) mass is 522 g/mol. The first-order valence-electron chi connectivity index (χ1n) is 11.5. The number of guanidine groups is 1. The van der Waals surface area contributed by atoms with Crippen LogP contribution in [0.4, 0.5) is 0 Å². The van der Waals surface area contributed by atoms with E-state index in [4.69, 9.17) is 9.47 Å². The second-order valence-electron chi connectivity index (χ2n) is 8.90. The Morgan fingerprint density at radius 2 is 1.76 bits per heavy atom. The highest BCUT2D eigenvalue weighted by atomic mass is 127. The molecule has 1 unspecified atom stereocenters. The molecular weight excluding hydrogens is 479 g/mol. The van der Waals surface area contributed by atoms with Crippen molar-refractivity contribution >= 4 is 29.9 Å². The first kappa shape index (κ1) is 25.1. The molecule has 0 aromatic heterocycles. The van der Waals surface area contributed by atoms with E-state index in [0.717, 1.165) is 32.2 Å². The maximum Gasteiger partial charge on any atom is 0.193 e. The number of piperidine rings is 1. The molecule has 1 N–H and O–H groups in total. The summed E-state index contributed by atoms with van der Waals surface area (Å²) in [5.41, 5.74) is 0.344. The Bertz CT molecular complexity index is 479. The van der Waals surface area contributed by atoms with Gasteiger partial charge in [0, 0.05) is 45.2 Å². The molecule has 1 saturated carbocycles. The van der Waals surface area contributed by atoms with E-state index in [1.54, 1.807) is 7.11 Å². The van der Waals surface area contributed by atoms with E-state index in [0.29, 0.717) is 24.7 Å². The van der Waals surface area contributed by atoms with Crippen molar-refractivity contribution in [3.8, 4) is 0 Å². The molecule has 2 heterocycles. The van der Waals surface area contributed by atoms with Crippen molar-refractivity contribution in [2.45, 2.75) is 63.3 Å². The number of likely N-dealkylation sites (tertiary alicyclic amines) is 2. The summed E-state index contributed by atoms with van der Waals surface area (Å²) >= 11 is 0. The van der Waals surface area contributed by atoms with Crippen LogP contribution in [0.5, 0.6) is 0 Å². The van der Waals surface area contributed by atoms with Gasteiger partial charge in [0.1, 0.15) is 0 Å². The predicted octanol–water partition coefficient (Wildman–Crippen LogP) is 3.35. The first-order valence-corrected chi connectivity index (χ1v) is 11.5. The Hall–Kier alpha value is -0.120. The van der Waals surface area contributed by atoms with Gasteiger partial charge < -0.3 is 19.7 Å². The zero-order valence-corrected chi connectivity index (χ0v) is 21.0. The average Bonchev–Trinajstić information content (AvgIpc) is 3.22. The smallest absolute Gasteiger partial charge is 0.193 e. The Kier molecular flexibility index (Phi) is 11.6. The molecule has 0 amide bonds. The molecule has 0 spiro atoms. The predicted molar refractivity (Wildman–Crippen MR) is 130 cm³/mol. The SMILES string of the molecule is CN=C(NCC1(N2CCCCC2)CCCCC1)N1CCC(COCCOC)C1.I. The zero-order chi connectivity index (χ0) is 19.7. The summed E-state index contributed by atoms with van der Waals surface area (Å²) < 4.78 is 10.8. The highest BCUT2D eigenvalue weighted by Gasteiger charge is 2.39. The van der Waals surface area contributed by atoms with E-state index in [1.165, 1.54) is 70.9 Å².